The number of aryl methyl sites for hydroxylation is 1. The molecule has 102 valence electrons. The number of nitrogens with one attached hydrogen (secondary N) is 1. The highest BCUT2D eigenvalue weighted by Gasteiger charge is 2.17. The molecular formula is C15H20N2O2. The van der Waals surface area contributed by atoms with Crippen LogP contribution < -0.4 is 5.32 Å². The largest absolute Gasteiger partial charge is 0.463 e. The Bertz CT molecular complexity index is 483. The highest BCUT2D eigenvalue weighted by molar-refractivity contribution is 5.82. The molecule has 1 aliphatic heterocycles. The Labute approximate surface area is 114 Å². The molecule has 0 bridgehead atoms. The number of hydrogen-bond acceptors (Lipinski definition) is 4. The van der Waals surface area contributed by atoms with Crippen molar-refractivity contribution in [3.63, 3.8) is 0 Å². The third-order valence-electron chi connectivity index (χ3n) is 3.03. The maximum Gasteiger partial charge on any atom is 0.334 e. The summed E-state index contributed by atoms with van der Waals surface area (Å²) in [5.74, 6) is 0.557. The van der Waals surface area contributed by atoms with Gasteiger partial charge in [-0.3, -0.25) is 0 Å². The van der Waals surface area contributed by atoms with Gasteiger partial charge in [0.15, 0.2) is 0 Å². The smallest absolute Gasteiger partial charge is 0.334 e. The summed E-state index contributed by atoms with van der Waals surface area (Å²) in [4.78, 5) is 13.6. The first-order chi connectivity index (χ1) is 9.19. The normalized spacial score (nSPS) is 16.5. The van der Waals surface area contributed by atoms with Crippen molar-refractivity contribution in [2.24, 2.45) is 0 Å². The number of ether oxygens (including phenoxy) is 1. The van der Waals surface area contributed by atoms with Gasteiger partial charge in [0.2, 0.25) is 0 Å². The Hall–Kier alpha value is -1.97. The fraction of sp³-hybridized carbons (Fsp3) is 0.400. The zero-order chi connectivity index (χ0) is 13.7. The van der Waals surface area contributed by atoms with Crippen molar-refractivity contribution in [1.29, 1.82) is 0 Å². The number of hydrogen-bond donors (Lipinski definition) is 1. The van der Waals surface area contributed by atoms with E-state index in [9.17, 15) is 4.79 Å². The molecule has 19 heavy (non-hydrogen) atoms. The number of benzene rings is 1. The van der Waals surface area contributed by atoms with Gasteiger partial charge in [-0.2, -0.15) is 0 Å². The molecule has 1 saturated heterocycles. The van der Waals surface area contributed by atoms with Crippen LogP contribution >= 0.6 is 0 Å². The quantitative estimate of drug-likeness (QED) is 0.662. The van der Waals surface area contributed by atoms with E-state index in [2.05, 4.69) is 41.4 Å². The standard InChI is InChI=1S/C15H20N2O2/c1-3-19-15(18)10-14-16-7-8-17(14)11-13-6-4-5-12(2)9-13/h4-6,9-10,16H,3,7-8,11H2,1-2H3. The maximum atomic E-state index is 11.5. The number of esters is 1. The van der Waals surface area contributed by atoms with Crippen LogP contribution in [0.5, 0.6) is 0 Å². The summed E-state index contributed by atoms with van der Waals surface area (Å²) in [6, 6.07) is 8.41. The molecule has 0 amide bonds. The summed E-state index contributed by atoms with van der Waals surface area (Å²) in [6.45, 7) is 6.86. The van der Waals surface area contributed by atoms with E-state index in [-0.39, 0.29) is 5.97 Å². The number of carbonyl (C=O) groups is 1. The second kappa shape index (κ2) is 6.27. The Balaban J connectivity index is 2.05. The molecule has 0 atom stereocenters. The number of nitrogens with zero attached hydrogens (tertiary/aromatic N) is 1. The fourth-order valence-corrected chi connectivity index (χ4v) is 2.18. The topological polar surface area (TPSA) is 41.6 Å². The first-order valence-corrected chi connectivity index (χ1v) is 6.62. The zero-order valence-corrected chi connectivity index (χ0v) is 11.5. The van der Waals surface area contributed by atoms with Crippen molar-refractivity contribution in [3.8, 4) is 0 Å². The average Bonchev–Trinajstić information content (AvgIpc) is 2.77. The summed E-state index contributed by atoms with van der Waals surface area (Å²) in [6.07, 6.45) is 1.53. The van der Waals surface area contributed by atoms with Crippen LogP contribution in [0.25, 0.3) is 0 Å². The van der Waals surface area contributed by atoms with Crippen molar-refractivity contribution >= 4 is 5.97 Å². The summed E-state index contributed by atoms with van der Waals surface area (Å²) in [5.41, 5.74) is 2.50. The van der Waals surface area contributed by atoms with Crippen LogP contribution in [0.2, 0.25) is 0 Å². The molecule has 0 saturated carbocycles. The van der Waals surface area contributed by atoms with Crippen molar-refractivity contribution in [1.82, 2.24) is 10.2 Å². The lowest BCUT2D eigenvalue weighted by molar-refractivity contribution is -0.137. The molecule has 0 aromatic heterocycles. The Kier molecular flexibility index (Phi) is 4.44. The second-order valence-corrected chi connectivity index (χ2v) is 4.62. The molecule has 1 N–H and O–H groups in total. The molecule has 0 aliphatic carbocycles. The molecule has 0 radical (unpaired) electrons. The lowest BCUT2D eigenvalue weighted by Gasteiger charge is -2.19. The minimum absolute atomic E-state index is 0.291. The molecule has 1 aromatic carbocycles. The fourth-order valence-electron chi connectivity index (χ4n) is 2.18. The van der Waals surface area contributed by atoms with Gasteiger partial charge in [-0.15, -0.1) is 0 Å². The molecule has 1 aromatic rings. The molecule has 4 heteroatoms. The van der Waals surface area contributed by atoms with Crippen LogP contribution in [-0.4, -0.2) is 30.6 Å². The molecular weight excluding hydrogens is 240 g/mol. The summed E-state index contributed by atoms with van der Waals surface area (Å²) in [5, 5.41) is 3.22. The van der Waals surface area contributed by atoms with E-state index in [4.69, 9.17) is 4.74 Å². The van der Waals surface area contributed by atoms with Gasteiger partial charge < -0.3 is 15.0 Å². The summed E-state index contributed by atoms with van der Waals surface area (Å²) >= 11 is 0. The Morgan fingerprint density at radius 3 is 3.11 bits per heavy atom. The molecule has 0 spiro atoms. The zero-order valence-electron chi connectivity index (χ0n) is 11.5. The van der Waals surface area contributed by atoms with E-state index >= 15 is 0 Å². The minimum Gasteiger partial charge on any atom is -0.463 e. The van der Waals surface area contributed by atoms with Crippen LogP contribution in [0, 0.1) is 6.92 Å². The van der Waals surface area contributed by atoms with Crippen molar-refractivity contribution in [3.05, 3.63) is 47.3 Å². The molecule has 1 fully saturated rings. The average molecular weight is 260 g/mol. The van der Waals surface area contributed by atoms with E-state index in [1.165, 1.54) is 17.2 Å². The summed E-state index contributed by atoms with van der Waals surface area (Å²) < 4.78 is 4.94. The van der Waals surface area contributed by atoms with Crippen molar-refractivity contribution in [2.75, 3.05) is 19.7 Å². The van der Waals surface area contributed by atoms with Gasteiger partial charge >= 0.3 is 5.97 Å². The van der Waals surface area contributed by atoms with Gasteiger partial charge in [0.1, 0.15) is 5.82 Å². The SMILES string of the molecule is CCOC(=O)C=C1NCCN1Cc1cccc(C)c1. The monoisotopic (exact) mass is 260 g/mol. The van der Waals surface area contributed by atoms with Crippen molar-refractivity contribution < 1.29 is 9.53 Å². The summed E-state index contributed by atoms with van der Waals surface area (Å²) in [7, 11) is 0. The molecule has 1 aliphatic rings. The second-order valence-electron chi connectivity index (χ2n) is 4.62. The number of rotatable bonds is 4. The molecule has 1 heterocycles. The predicted octanol–water partition coefficient (Wildman–Crippen LogP) is 1.80. The molecule has 2 rings (SSSR count). The molecule has 0 unspecified atom stereocenters. The van der Waals surface area contributed by atoms with Crippen LogP contribution in [0.15, 0.2) is 36.2 Å². The van der Waals surface area contributed by atoms with Gasteiger partial charge in [0.05, 0.1) is 12.7 Å². The van der Waals surface area contributed by atoms with Gasteiger partial charge in [-0.25, -0.2) is 4.79 Å². The first-order valence-electron chi connectivity index (χ1n) is 6.62. The highest BCUT2D eigenvalue weighted by Crippen LogP contribution is 2.14. The lowest BCUT2D eigenvalue weighted by Crippen LogP contribution is -2.21. The van der Waals surface area contributed by atoms with Gasteiger partial charge in [-0.05, 0) is 19.4 Å². The highest BCUT2D eigenvalue weighted by atomic mass is 16.5. The van der Waals surface area contributed by atoms with E-state index in [0.717, 1.165) is 25.5 Å². The van der Waals surface area contributed by atoms with Gasteiger partial charge in [-0.1, -0.05) is 29.8 Å². The Morgan fingerprint density at radius 1 is 1.53 bits per heavy atom. The van der Waals surface area contributed by atoms with Gasteiger partial charge in [0.25, 0.3) is 0 Å². The van der Waals surface area contributed by atoms with Crippen LogP contribution in [-0.2, 0) is 16.1 Å². The Morgan fingerprint density at radius 2 is 2.37 bits per heavy atom. The van der Waals surface area contributed by atoms with E-state index in [1.54, 1.807) is 0 Å². The molecule has 4 nitrogen and oxygen atoms in total. The van der Waals surface area contributed by atoms with Gasteiger partial charge in [0, 0.05) is 19.6 Å². The third kappa shape index (κ3) is 3.74. The minimum atomic E-state index is -0.291. The van der Waals surface area contributed by atoms with Crippen LogP contribution in [0.3, 0.4) is 0 Å². The first kappa shape index (κ1) is 13.5. The van der Waals surface area contributed by atoms with Crippen LogP contribution in [0.4, 0.5) is 0 Å². The van der Waals surface area contributed by atoms with E-state index in [1.807, 2.05) is 6.92 Å². The maximum absolute atomic E-state index is 11.5. The predicted molar refractivity (Wildman–Crippen MR) is 74.3 cm³/mol. The van der Waals surface area contributed by atoms with E-state index < -0.39 is 0 Å². The van der Waals surface area contributed by atoms with Crippen LogP contribution in [0.1, 0.15) is 18.1 Å². The number of carbonyl (C=O) groups excluding carboxylic acids is 1. The van der Waals surface area contributed by atoms with Crippen molar-refractivity contribution in [2.45, 2.75) is 20.4 Å². The lowest BCUT2D eigenvalue weighted by atomic mass is 10.1. The van der Waals surface area contributed by atoms with E-state index in [0.29, 0.717) is 6.61 Å². The third-order valence-corrected chi connectivity index (χ3v) is 3.03.